The molecule has 1 aliphatic heterocycles. The van der Waals surface area contributed by atoms with Gasteiger partial charge in [-0.25, -0.2) is 9.36 Å². The quantitative estimate of drug-likeness (QED) is 0.177. The van der Waals surface area contributed by atoms with E-state index in [2.05, 4.69) is 10.0 Å². The summed E-state index contributed by atoms with van der Waals surface area (Å²) in [6, 6.07) is 11.2. The molecule has 3 aromatic rings. The summed E-state index contributed by atoms with van der Waals surface area (Å²) in [6.07, 6.45) is -4.16. The Kier molecular flexibility index (Phi) is 6.85. The van der Waals surface area contributed by atoms with Gasteiger partial charge in [0, 0.05) is 27.9 Å². The zero-order valence-corrected chi connectivity index (χ0v) is 18.9. The van der Waals surface area contributed by atoms with Gasteiger partial charge in [-0.1, -0.05) is 29.4 Å². The summed E-state index contributed by atoms with van der Waals surface area (Å²) in [7, 11) is -1.37. The van der Waals surface area contributed by atoms with Crippen molar-refractivity contribution in [3.63, 3.8) is 0 Å². The van der Waals surface area contributed by atoms with E-state index >= 15 is 0 Å². The van der Waals surface area contributed by atoms with E-state index in [0.717, 1.165) is 16.8 Å². The predicted octanol–water partition coefficient (Wildman–Crippen LogP) is 1.71. The molecule has 0 bridgehead atoms. The van der Waals surface area contributed by atoms with Crippen molar-refractivity contribution in [2.45, 2.75) is 24.2 Å². The van der Waals surface area contributed by atoms with Crippen molar-refractivity contribution in [1.29, 1.82) is 0 Å². The molecule has 1 fully saturated rings. The van der Waals surface area contributed by atoms with Gasteiger partial charge in [0.2, 0.25) is 5.72 Å². The highest BCUT2D eigenvalue weighted by Gasteiger charge is 2.55. The third-order valence-electron chi connectivity index (χ3n) is 5.36. The first kappa shape index (κ1) is 24.4. The molecule has 183 valence electrons. The predicted molar refractivity (Wildman–Crippen MR) is 120 cm³/mol. The number of nitrogens with one attached hydrogen (secondary N) is 1. The largest absolute Gasteiger partial charge is 0.496 e. The van der Waals surface area contributed by atoms with Gasteiger partial charge in [-0.15, -0.1) is 0 Å². The average Bonchev–Trinajstić information content (AvgIpc) is 3.09. The van der Waals surface area contributed by atoms with Crippen LogP contribution in [0.4, 0.5) is 0 Å². The van der Waals surface area contributed by atoms with Crippen LogP contribution in [0, 0.1) is 0 Å². The zero-order valence-electron chi connectivity index (χ0n) is 18.0. The normalized spacial score (nSPS) is 24.1. The molecule has 0 aliphatic carbocycles. The summed E-state index contributed by atoms with van der Waals surface area (Å²) >= 11 is 0. The highest BCUT2D eigenvalue weighted by molar-refractivity contribution is 7.33. The van der Waals surface area contributed by atoms with Gasteiger partial charge in [-0.3, -0.25) is 18.9 Å². The van der Waals surface area contributed by atoms with Crippen LogP contribution in [0.15, 0.2) is 63.4 Å². The van der Waals surface area contributed by atoms with Crippen molar-refractivity contribution < 1.29 is 33.3 Å². The SMILES string of the molecule is COc1ccc(O[P](=O)OC[C@@]2(N=[N+]=[N-])O[C@@H](n3ccc(=O)[nH]c3=O)[C@H](O)[C@@H]2O)c2ccccc12. The van der Waals surface area contributed by atoms with E-state index in [4.69, 9.17) is 24.1 Å². The monoisotopic (exact) mass is 504 g/mol. The van der Waals surface area contributed by atoms with E-state index in [1.54, 1.807) is 30.3 Å². The first-order valence-corrected chi connectivity index (χ1v) is 11.1. The number of aromatic amines is 1. The first-order valence-electron chi connectivity index (χ1n) is 10.0. The number of nitrogens with zero attached hydrogens (tertiary/aromatic N) is 4. The third-order valence-corrected chi connectivity index (χ3v) is 6.04. The molecule has 2 heterocycles. The van der Waals surface area contributed by atoms with Crippen LogP contribution < -0.4 is 20.5 Å². The lowest BCUT2D eigenvalue weighted by Crippen LogP contribution is -2.44. The van der Waals surface area contributed by atoms with E-state index in [1.807, 2.05) is 4.98 Å². The maximum atomic E-state index is 12.6. The van der Waals surface area contributed by atoms with Gasteiger partial charge in [0.05, 0.1) is 7.11 Å². The molecule has 2 aromatic carbocycles. The molecule has 35 heavy (non-hydrogen) atoms. The zero-order chi connectivity index (χ0) is 25.2. The summed E-state index contributed by atoms with van der Waals surface area (Å²) in [5.41, 5.74) is 5.12. The van der Waals surface area contributed by atoms with Gasteiger partial charge >= 0.3 is 13.9 Å². The van der Waals surface area contributed by atoms with Gasteiger partial charge in [0.25, 0.3) is 5.56 Å². The minimum absolute atomic E-state index is 0.214. The molecule has 1 saturated heterocycles. The summed E-state index contributed by atoms with van der Waals surface area (Å²) in [5.74, 6) is 0.789. The molecule has 0 spiro atoms. The fraction of sp³-hybridized carbons (Fsp3) is 0.300. The highest BCUT2D eigenvalue weighted by Crippen LogP contribution is 2.42. The van der Waals surface area contributed by atoms with Crippen molar-refractivity contribution in [3.8, 4) is 11.5 Å². The number of hydrogen-bond donors (Lipinski definition) is 3. The van der Waals surface area contributed by atoms with Crippen LogP contribution in [-0.2, 0) is 13.8 Å². The Hall–Kier alpha value is -3.77. The van der Waals surface area contributed by atoms with Crippen molar-refractivity contribution in [2.75, 3.05) is 13.7 Å². The number of ether oxygens (including phenoxy) is 2. The Morgan fingerprint density at radius 1 is 1.20 bits per heavy atom. The van der Waals surface area contributed by atoms with E-state index in [0.29, 0.717) is 16.5 Å². The van der Waals surface area contributed by atoms with Crippen LogP contribution in [0.5, 0.6) is 11.5 Å². The van der Waals surface area contributed by atoms with Gasteiger partial charge in [-0.05, 0) is 17.7 Å². The van der Waals surface area contributed by atoms with Crippen molar-refractivity contribution in [2.24, 2.45) is 5.11 Å². The summed E-state index contributed by atoms with van der Waals surface area (Å²) in [6.45, 7) is -0.798. The van der Waals surface area contributed by atoms with Crippen LogP contribution in [0.2, 0.25) is 0 Å². The second-order valence-electron chi connectivity index (χ2n) is 7.40. The van der Waals surface area contributed by atoms with Crippen LogP contribution in [0.1, 0.15) is 6.23 Å². The van der Waals surface area contributed by atoms with Gasteiger partial charge in [0.15, 0.2) is 6.23 Å². The Morgan fingerprint density at radius 3 is 2.54 bits per heavy atom. The van der Waals surface area contributed by atoms with Gasteiger partial charge in [0.1, 0.15) is 30.3 Å². The smallest absolute Gasteiger partial charge is 0.429 e. The lowest BCUT2D eigenvalue weighted by atomic mass is 10.1. The summed E-state index contributed by atoms with van der Waals surface area (Å²) in [4.78, 5) is 28.0. The molecule has 1 aromatic heterocycles. The fourth-order valence-electron chi connectivity index (χ4n) is 3.68. The Morgan fingerprint density at radius 2 is 1.89 bits per heavy atom. The highest BCUT2D eigenvalue weighted by atomic mass is 31.1. The van der Waals surface area contributed by atoms with Crippen molar-refractivity contribution in [3.05, 3.63) is 79.9 Å². The lowest BCUT2D eigenvalue weighted by molar-refractivity contribution is -0.120. The number of H-pyrrole nitrogens is 1. The molecular weight excluding hydrogens is 485 g/mol. The molecule has 0 amide bonds. The minimum atomic E-state index is -2.88. The maximum Gasteiger partial charge on any atom is 0.429 e. The number of azide groups is 1. The number of fused-ring (bicyclic) bond motifs is 1. The van der Waals surface area contributed by atoms with Gasteiger partial charge in [-0.2, -0.15) is 0 Å². The Labute approximate surface area is 196 Å². The summed E-state index contributed by atoms with van der Waals surface area (Å²) in [5, 5.41) is 25.7. The number of hydrogen-bond acceptors (Lipinski definition) is 10. The van der Waals surface area contributed by atoms with E-state index in [1.165, 1.54) is 13.2 Å². The second-order valence-corrected chi connectivity index (χ2v) is 8.28. The molecule has 1 unspecified atom stereocenters. The van der Waals surface area contributed by atoms with Crippen LogP contribution >= 0.6 is 8.25 Å². The summed E-state index contributed by atoms with van der Waals surface area (Å²) < 4.78 is 34.8. The van der Waals surface area contributed by atoms with Crippen molar-refractivity contribution >= 4 is 19.0 Å². The van der Waals surface area contributed by atoms with Gasteiger partial charge < -0.3 is 24.2 Å². The standard InChI is InChI=1S/C20H19N5O9P/c1-31-13-6-7-14(12-5-3-2-4-11(12)13)34-35(30)32-10-20(23-24-21)17(28)16(27)18(33-20)25-9-8-15(26)22-19(25)29/h2-9,16-18,27-28H,10H2,1H3,(H,22,26,29)/t16-,17+,18-,20-/m1/s1. The third kappa shape index (κ3) is 4.62. The van der Waals surface area contributed by atoms with Crippen LogP contribution in [0.3, 0.4) is 0 Å². The van der Waals surface area contributed by atoms with E-state index in [-0.39, 0.29) is 5.75 Å². The number of aliphatic hydroxyl groups is 2. The van der Waals surface area contributed by atoms with Crippen molar-refractivity contribution in [1.82, 2.24) is 9.55 Å². The Balaban J connectivity index is 1.55. The van der Waals surface area contributed by atoms with Crippen LogP contribution in [-0.4, -0.2) is 51.4 Å². The molecule has 15 heteroatoms. The molecule has 4 rings (SSSR count). The Bertz CT molecular complexity index is 1440. The molecule has 1 aliphatic rings. The second kappa shape index (κ2) is 9.84. The first-order chi connectivity index (χ1) is 16.8. The number of methoxy groups -OCH3 is 1. The fourth-order valence-corrected chi connectivity index (χ4v) is 4.34. The molecule has 14 nitrogen and oxygen atoms in total. The van der Waals surface area contributed by atoms with E-state index in [9.17, 15) is 24.4 Å². The molecule has 1 radical (unpaired) electrons. The number of aromatic nitrogens is 2. The molecule has 0 saturated carbocycles. The number of aliphatic hydroxyl groups excluding tert-OH is 2. The molecule has 3 N–H and O–H groups in total. The average molecular weight is 504 g/mol. The van der Waals surface area contributed by atoms with Crippen LogP contribution in [0.25, 0.3) is 21.2 Å². The minimum Gasteiger partial charge on any atom is -0.496 e. The topological polar surface area (TPSA) is 198 Å². The number of benzene rings is 2. The number of rotatable bonds is 8. The lowest BCUT2D eigenvalue weighted by Gasteiger charge is -2.25. The molecular formula is C20H19N5O9P. The molecule has 5 atom stereocenters. The maximum absolute atomic E-state index is 12.6. The van der Waals surface area contributed by atoms with E-state index < -0.39 is 50.3 Å².